The summed E-state index contributed by atoms with van der Waals surface area (Å²) in [6.45, 7) is 4.03. The lowest BCUT2D eigenvalue weighted by Crippen LogP contribution is -1.96. The minimum absolute atomic E-state index is 0.467. The predicted molar refractivity (Wildman–Crippen MR) is 69.3 cm³/mol. The lowest BCUT2D eigenvalue weighted by Gasteiger charge is -2.08. The van der Waals surface area contributed by atoms with Crippen molar-refractivity contribution in [3.63, 3.8) is 0 Å². The largest absolute Gasteiger partial charge is 0.437 e. The first-order valence-electron chi connectivity index (χ1n) is 5.69. The maximum atomic E-state index is 5.81. The van der Waals surface area contributed by atoms with Gasteiger partial charge in [0.25, 0.3) is 0 Å². The molecule has 0 radical (unpaired) electrons. The highest BCUT2D eigenvalue weighted by Gasteiger charge is 2.04. The van der Waals surface area contributed by atoms with Gasteiger partial charge in [0.05, 0.1) is 5.69 Å². The number of nitrogens with zero attached hydrogens (tertiary/aromatic N) is 1. The molecule has 17 heavy (non-hydrogen) atoms. The minimum Gasteiger partial charge on any atom is -0.437 e. The van der Waals surface area contributed by atoms with Crippen LogP contribution in [0, 0.1) is 6.92 Å². The fourth-order valence-corrected chi connectivity index (χ4v) is 1.53. The molecule has 3 heteroatoms. The number of anilines is 1. The summed E-state index contributed by atoms with van der Waals surface area (Å²) in [7, 11) is 0. The van der Waals surface area contributed by atoms with E-state index in [1.165, 1.54) is 5.56 Å². The highest BCUT2D eigenvalue weighted by molar-refractivity contribution is 5.50. The number of ether oxygens (including phenoxy) is 1. The van der Waals surface area contributed by atoms with Crippen LogP contribution >= 0.6 is 0 Å². The molecule has 1 heterocycles. The zero-order valence-electron chi connectivity index (χ0n) is 10.1. The Morgan fingerprint density at radius 3 is 2.47 bits per heavy atom. The number of nitrogen functional groups attached to an aromatic ring is 1. The number of pyridine rings is 1. The summed E-state index contributed by atoms with van der Waals surface area (Å²) in [6, 6.07) is 11.6. The van der Waals surface area contributed by atoms with Gasteiger partial charge in [-0.3, -0.25) is 0 Å². The van der Waals surface area contributed by atoms with Crippen LogP contribution in [0.15, 0.2) is 36.4 Å². The van der Waals surface area contributed by atoms with Gasteiger partial charge in [-0.15, -0.1) is 0 Å². The molecule has 3 nitrogen and oxygen atoms in total. The minimum atomic E-state index is 0.467. The van der Waals surface area contributed by atoms with E-state index in [-0.39, 0.29) is 0 Å². The molecule has 0 saturated heterocycles. The van der Waals surface area contributed by atoms with Gasteiger partial charge >= 0.3 is 0 Å². The second-order valence-electron chi connectivity index (χ2n) is 3.95. The van der Waals surface area contributed by atoms with Gasteiger partial charge in [-0.1, -0.05) is 19.1 Å². The Labute approximate surface area is 101 Å². The van der Waals surface area contributed by atoms with E-state index in [1.807, 2.05) is 37.3 Å². The highest BCUT2D eigenvalue weighted by Crippen LogP contribution is 2.25. The first-order valence-corrected chi connectivity index (χ1v) is 5.69. The van der Waals surface area contributed by atoms with Crippen molar-refractivity contribution in [1.29, 1.82) is 0 Å². The average molecular weight is 228 g/mol. The molecule has 0 aliphatic heterocycles. The molecule has 88 valence electrons. The van der Waals surface area contributed by atoms with Crippen LogP contribution in [-0.2, 0) is 6.42 Å². The predicted octanol–water partition coefficient (Wildman–Crippen LogP) is 3.33. The van der Waals surface area contributed by atoms with E-state index >= 15 is 0 Å². The Kier molecular flexibility index (Phi) is 3.28. The molecule has 0 spiro atoms. The molecule has 1 aromatic heterocycles. The Bertz CT molecular complexity index is 506. The molecule has 0 unspecified atom stereocenters. The van der Waals surface area contributed by atoms with E-state index in [0.29, 0.717) is 11.6 Å². The van der Waals surface area contributed by atoms with Crippen LogP contribution in [0.2, 0.25) is 0 Å². The van der Waals surface area contributed by atoms with Gasteiger partial charge < -0.3 is 10.5 Å². The number of aromatic nitrogens is 1. The number of benzene rings is 1. The van der Waals surface area contributed by atoms with Crippen molar-refractivity contribution in [2.75, 3.05) is 5.73 Å². The SMILES string of the molecule is CCc1ccc(Oc2nc(C)ccc2N)cc1. The van der Waals surface area contributed by atoms with Gasteiger partial charge in [-0.25, -0.2) is 4.98 Å². The van der Waals surface area contributed by atoms with Crippen LogP contribution < -0.4 is 10.5 Å². The first-order chi connectivity index (χ1) is 8.19. The van der Waals surface area contributed by atoms with Gasteiger partial charge in [0.2, 0.25) is 5.88 Å². The number of hydrogen-bond donors (Lipinski definition) is 1. The van der Waals surface area contributed by atoms with E-state index < -0.39 is 0 Å². The van der Waals surface area contributed by atoms with E-state index in [1.54, 1.807) is 6.07 Å². The molecule has 0 fully saturated rings. The molecule has 1 aromatic carbocycles. The van der Waals surface area contributed by atoms with Crippen LogP contribution in [0.25, 0.3) is 0 Å². The lowest BCUT2D eigenvalue weighted by atomic mass is 10.2. The second kappa shape index (κ2) is 4.87. The third kappa shape index (κ3) is 2.75. The standard InChI is InChI=1S/C14H16N2O/c1-3-11-5-7-12(8-6-11)17-14-13(15)9-4-10(2)16-14/h4-9H,3,15H2,1-2H3. The van der Waals surface area contributed by atoms with Crippen molar-refractivity contribution >= 4 is 5.69 Å². The highest BCUT2D eigenvalue weighted by atomic mass is 16.5. The number of rotatable bonds is 3. The number of aryl methyl sites for hydroxylation is 2. The molecular weight excluding hydrogens is 212 g/mol. The Morgan fingerprint density at radius 1 is 1.12 bits per heavy atom. The molecule has 0 amide bonds. The van der Waals surface area contributed by atoms with Crippen LogP contribution in [-0.4, -0.2) is 4.98 Å². The van der Waals surface area contributed by atoms with Crippen molar-refractivity contribution < 1.29 is 4.74 Å². The maximum Gasteiger partial charge on any atom is 0.242 e. The summed E-state index contributed by atoms with van der Waals surface area (Å²) in [4.78, 5) is 4.26. The smallest absolute Gasteiger partial charge is 0.242 e. The summed E-state index contributed by atoms with van der Waals surface area (Å²) < 4.78 is 5.65. The number of nitrogens with two attached hydrogens (primary N) is 1. The molecule has 0 bridgehead atoms. The fourth-order valence-electron chi connectivity index (χ4n) is 1.53. The van der Waals surface area contributed by atoms with E-state index in [4.69, 9.17) is 10.5 Å². The van der Waals surface area contributed by atoms with Crippen molar-refractivity contribution in [2.24, 2.45) is 0 Å². The molecule has 0 atom stereocenters. The summed E-state index contributed by atoms with van der Waals surface area (Å²) in [5.74, 6) is 1.22. The number of hydrogen-bond acceptors (Lipinski definition) is 3. The van der Waals surface area contributed by atoms with Crippen molar-refractivity contribution in [2.45, 2.75) is 20.3 Å². The van der Waals surface area contributed by atoms with Gasteiger partial charge in [-0.05, 0) is 43.2 Å². The summed E-state index contributed by atoms with van der Waals surface area (Å²) >= 11 is 0. The zero-order chi connectivity index (χ0) is 12.3. The van der Waals surface area contributed by atoms with Gasteiger partial charge in [0.15, 0.2) is 0 Å². The topological polar surface area (TPSA) is 48.1 Å². The normalized spacial score (nSPS) is 10.2. The second-order valence-corrected chi connectivity index (χ2v) is 3.95. The average Bonchev–Trinajstić information content (AvgIpc) is 2.35. The van der Waals surface area contributed by atoms with Crippen molar-refractivity contribution in [3.05, 3.63) is 47.7 Å². The van der Waals surface area contributed by atoms with Gasteiger partial charge in [0.1, 0.15) is 5.75 Å². The maximum absolute atomic E-state index is 5.81. The third-order valence-corrected chi connectivity index (χ3v) is 2.58. The Morgan fingerprint density at radius 2 is 1.82 bits per heavy atom. The van der Waals surface area contributed by atoms with E-state index in [2.05, 4.69) is 11.9 Å². The van der Waals surface area contributed by atoms with Crippen LogP contribution in [0.3, 0.4) is 0 Å². The molecule has 2 aromatic rings. The summed E-state index contributed by atoms with van der Waals surface area (Å²) in [6.07, 6.45) is 1.02. The van der Waals surface area contributed by atoms with Crippen molar-refractivity contribution in [3.8, 4) is 11.6 Å². The van der Waals surface area contributed by atoms with Gasteiger partial charge in [0, 0.05) is 5.69 Å². The molecule has 0 aliphatic rings. The molecular formula is C14H16N2O. The van der Waals surface area contributed by atoms with E-state index in [9.17, 15) is 0 Å². The van der Waals surface area contributed by atoms with Gasteiger partial charge in [-0.2, -0.15) is 0 Å². The lowest BCUT2D eigenvalue weighted by molar-refractivity contribution is 0.464. The monoisotopic (exact) mass is 228 g/mol. The Balaban J connectivity index is 2.22. The first kappa shape index (κ1) is 11.5. The molecule has 2 N–H and O–H groups in total. The van der Waals surface area contributed by atoms with Crippen molar-refractivity contribution in [1.82, 2.24) is 4.98 Å². The third-order valence-electron chi connectivity index (χ3n) is 2.58. The molecule has 2 rings (SSSR count). The Hall–Kier alpha value is -2.03. The fraction of sp³-hybridized carbons (Fsp3) is 0.214. The van der Waals surface area contributed by atoms with Crippen LogP contribution in [0.1, 0.15) is 18.2 Å². The quantitative estimate of drug-likeness (QED) is 0.876. The molecule has 0 saturated carbocycles. The van der Waals surface area contributed by atoms with Crippen LogP contribution in [0.5, 0.6) is 11.6 Å². The van der Waals surface area contributed by atoms with E-state index in [0.717, 1.165) is 17.9 Å². The van der Waals surface area contributed by atoms with Crippen LogP contribution in [0.4, 0.5) is 5.69 Å². The molecule has 0 aliphatic carbocycles. The zero-order valence-corrected chi connectivity index (χ0v) is 10.1. The summed E-state index contributed by atoms with van der Waals surface area (Å²) in [5.41, 5.74) is 8.53. The summed E-state index contributed by atoms with van der Waals surface area (Å²) in [5, 5.41) is 0.